The van der Waals surface area contributed by atoms with Gasteiger partial charge in [-0.2, -0.15) is 0 Å². The standard InChI is InChI=1S/C20H24FN3O2/c1-13(2)18(24-19(25)15-8-10-16(21)11-9-15)20(26)23-12-17(22)14-6-4-3-5-7-14/h3-11,13,17-18H,12,22H2,1-2H3,(H,23,26)(H,24,25). The average molecular weight is 357 g/mol. The first-order valence-corrected chi connectivity index (χ1v) is 8.53. The van der Waals surface area contributed by atoms with Crippen molar-refractivity contribution in [1.82, 2.24) is 10.6 Å². The fraction of sp³-hybridized carbons (Fsp3) is 0.300. The van der Waals surface area contributed by atoms with Gasteiger partial charge >= 0.3 is 0 Å². The van der Waals surface area contributed by atoms with Crippen molar-refractivity contribution in [1.29, 1.82) is 0 Å². The Hall–Kier alpha value is -2.73. The number of nitrogens with two attached hydrogens (primary N) is 1. The molecule has 138 valence electrons. The smallest absolute Gasteiger partial charge is 0.251 e. The van der Waals surface area contributed by atoms with Gasteiger partial charge in [0.25, 0.3) is 5.91 Å². The van der Waals surface area contributed by atoms with Gasteiger partial charge in [0.05, 0.1) is 0 Å². The molecular weight excluding hydrogens is 333 g/mol. The van der Waals surface area contributed by atoms with Gasteiger partial charge in [-0.1, -0.05) is 44.2 Å². The summed E-state index contributed by atoms with van der Waals surface area (Å²) in [6, 6.07) is 13.6. The number of rotatable bonds is 7. The summed E-state index contributed by atoms with van der Waals surface area (Å²) in [5.74, 6) is -1.27. The first-order valence-electron chi connectivity index (χ1n) is 8.53. The zero-order chi connectivity index (χ0) is 19.1. The first kappa shape index (κ1) is 19.6. The van der Waals surface area contributed by atoms with Gasteiger partial charge in [-0.3, -0.25) is 9.59 Å². The van der Waals surface area contributed by atoms with Crippen molar-refractivity contribution in [3.63, 3.8) is 0 Å². The number of amides is 2. The van der Waals surface area contributed by atoms with Gasteiger partial charge < -0.3 is 16.4 Å². The third kappa shape index (κ3) is 5.39. The second-order valence-corrected chi connectivity index (χ2v) is 6.46. The van der Waals surface area contributed by atoms with Crippen molar-refractivity contribution in [3.8, 4) is 0 Å². The van der Waals surface area contributed by atoms with Crippen LogP contribution >= 0.6 is 0 Å². The van der Waals surface area contributed by atoms with Gasteiger partial charge in [0.1, 0.15) is 11.9 Å². The minimum absolute atomic E-state index is 0.118. The van der Waals surface area contributed by atoms with Gasteiger partial charge in [0.2, 0.25) is 5.91 Å². The highest BCUT2D eigenvalue weighted by molar-refractivity contribution is 5.97. The zero-order valence-electron chi connectivity index (χ0n) is 14.9. The van der Waals surface area contributed by atoms with Crippen molar-refractivity contribution < 1.29 is 14.0 Å². The van der Waals surface area contributed by atoms with Crippen LogP contribution in [0.4, 0.5) is 4.39 Å². The monoisotopic (exact) mass is 357 g/mol. The van der Waals surface area contributed by atoms with Crippen molar-refractivity contribution in [2.45, 2.75) is 25.9 Å². The van der Waals surface area contributed by atoms with Crippen LogP contribution in [-0.2, 0) is 4.79 Å². The van der Waals surface area contributed by atoms with E-state index in [2.05, 4.69) is 10.6 Å². The lowest BCUT2D eigenvalue weighted by molar-refractivity contribution is -0.124. The summed E-state index contributed by atoms with van der Waals surface area (Å²) < 4.78 is 13.0. The van der Waals surface area contributed by atoms with Gasteiger partial charge in [-0.15, -0.1) is 0 Å². The van der Waals surface area contributed by atoms with Gasteiger partial charge in [0, 0.05) is 18.2 Å². The number of carbonyl (C=O) groups is 2. The summed E-state index contributed by atoms with van der Waals surface area (Å²) in [6.07, 6.45) is 0. The van der Waals surface area contributed by atoms with E-state index in [1.165, 1.54) is 24.3 Å². The van der Waals surface area contributed by atoms with E-state index in [1.54, 1.807) is 0 Å². The molecule has 2 amide bonds. The molecule has 2 aromatic rings. The number of carbonyl (C=O) groups excluding carboxylic acids is 2. The van der Waals surface area contributed by atoms with Crippen LogP contribution in [0, 0.1) is 11.7 Å². The topological polar surface area (TPSA) is 84.2 Å². The van der Waals surface area contributed by atoms with Crippen LogP contribution < -0.4 is 16.4 Å². The maximum atomic E-state index is 13.0. The molecule has 0 saturated heterocycles. The molecule has 0 aliphatic carbocycles. The van der Waals surface area contributed by atoms with E-state index in [-0.39, 0.29) is 24.4 Å². The molecule has 26 heavy (non-hydrogen) atoms. The number of hydrogen-bond donors (Lipinski definition) is 3. The highest BCUT2D eigenvalue weighted by atomic mass is 19.1. The normalized spacial score (nSPS) is 13.1. The Kier molecular flexibility index (Phi) is 6.86. The summed E-state index contributed by atoms with van der Waals surface area (Å²) >= 11 is 0. The van der Waals surface area contributed by atoms with Crippen LogP contribution in [-0.4, -0.2) is 24.4 Å². The lowest BCUT2D eigenvalue weighted by atomic mass is 10.0. The van der Waals surface area contributed by atoms with Gasteiger partial charge in [-0.25, -0.2) is 4.39 Å². The number of halogens is 1. The summed E-state index contributed by atoms with van der Waals surface area (Å²) in [5.41, 5.74) is 7.31. The fourth-order valence-electron chi connectivity index (χ4n) is 2.50. The van der Waals surface area contributed by atoms with Crippen LogP contribution in [0.2, 0.25) is 0 Å². The van der Waals surface area contributed by atoms with Gasteiger partial charge in [-0.05, 0) is 35.7 Å². The Bertz CT molecular complexity index is 732. The van der Waals surface area contributed by atoms with E-state index in [0.717, 1.165) is 5.56 Å². The molecule has 0 bridgehead atoms. The SMILES string of the molecule is CC(C)C(NC(=O)c1ccc(F)cc1)C(=O)NCC(N)c1ccccc1. The predicted molar refractivity (Wildman–Crippen MR) is 98.9 cm³/mol. The molecule has 2 atom stereocenters. The van der Waals surface area contributed by atoms with Crippen LogP contribution in [0.5, 0.6) is 0 Å². The second kappa shape index (κ2) is 9.10. The molecule has 0 spiro atoms. The number of hydrogen-bond acceptors (Lipinski definition) is 3. The molecule has 5 nitrogen and oxygen atoms in total. The highest BCUT2D eigenvalue weighted by Gasteiger charge is 2.25. The second-order valence-electron chi connectivity index (χ2n) is 6.46. The van der Waals surface area contributed by atoms with E-state index in [0.29, 0.717) is 5.56 Å². The Morgan fingerprint density at radius 3 is 2.23 bits per heavy atom. The Balaban J connectivity index is 1.96. The predicted octanol–water partition coefficient (Wildman–Crippen LogP) is 2.40. The molecule has 0 aliphatic heterocycles. The fourth-order valence-corrected chi connectivity index (χ4v) is 2.50. The van der Waals surface area contributed by atoms with E-state index >= 15 is 0 Å². The van der Waals surface area contributed by atoms with Crippen molar-refractivity contribution in [2.75, 3.05) is 6.54 Å². The average Bonchev–Trinajstić information content (AvgIpc) is 2.64. The maximum Gasteiger partial charge on any atom is 0.251 e. The molecule has 0 fully saturated rings. The van der Waals surface area contributed by atoms with Crippen LogP contribution in [0.1, 0.15) is 35.8 Å². The van der Waals surface area contributed by atoms with Crippen molar-refractivity contribution in [2.24, 2.45) is 11.7 Å². The lowest BCUT2D eigenvalue weighted by Gasteiger charge is -2.23. The van der Waals surface area contributed by atoms with E-state index < -0.39 is 17.8 Å². The van der Waals surface area contributed by atoms with E-state index in [4.69, 9.17) is 5.73 Å². The molecule has 6 heteroatoms. The maximum absolute atomic E-state index is 13.0. The summed E-state index contributed by atoms with van der Waals surface area (Å²) in [5, 5.41) is 5.49. The molecular formula is C20H24FN3O2. The summed E-state index contributed by atoms with van der Waals surface area (Å²) in [6.45, 7) is 3.94. The zero-order valence-corrected chi connectivity index (χ0v) is 14.9. The number of nitrogens with one attached hydrogen (secondary N) is 2. The Labute approximate surface area is 152 Å². The molecule has 0 aliphatic rings. The molecule has 2 unspecified atom stereocenters. The molecule has 0 radical (unpaired) electrons. The quantitative estimate of drug-likeness (QED) is 0.711. The molecule has 4 N–H and O–H groups in total. The van der Waals surface area contributed by atoms with Crippen molar-refractivity contribution >= 4 is 11.8 Å². The first-order chi connectivity index (χ1) is 12.4. The van der Waals surface area contributed by atoms with Gasteiger partial charge in [0.15, 0.2) is 0 Å². The lowest BCUT2D eigenvalue weighted by Crippen LogP contribution is -2.50. The highest BCUT2D eigenvalue weighted by Crippen LogP contribution is 2.10. The molecule has 0 heterocycles. The van der Waals surface area contributed by atoms with E-state index in [9.17, 15) is 14.0 Å². The largest absolute Gasteiger partial charge is 0.352 e. The van der Waals surface area contributed by atoms with Crippen molar-refractivity contribution in [3.05, 3.63) is 71.5 Å². The minimum Gasteiger partial charge on any atom is -0.352 e. The minimum atomic E-state index is -0.712. The third-order valence-corrected chi connectivity index (χ3v) is 4.07. The summed E-state index contributed by atoms with van der Waals surface area (Å²) in [7, 11) is 0. The molecule has 0 aromatic heterocycles. The van der Waals surface area contributed by atoms with Crippen LogP contribution in [0.15, 0.2) is 54.6 Å². The Morgan fingerprint density at radius 2 is 1.65 bits per heavy atom. The third-order valence-electron chi connectivity index (χ3n) is 4.07. The van der Waals surface area contributed by atoms with Crippen LogP contribution in [0.25, 0.3) is 0 Å². The van der Waals surface area contributed by atoms with Crippen LogP contribution in [0.3, 0.4) is 0 Å². The molecule has 2 aromatic carbocycles. The summed E-state index contributed by atoms with van der Waals surface area (Å²) in [4.78, 5) is 24.8. The molecule has 2 rings (SSSR count). The van der Waals surface area contributed by atoms with E-state index in [1.807, 2.05) is 44.2 Å². The Morgan fingerprint density at radius 1 is 1.04 bits per heavy atom. The number of benzene rings is 2. The molecule has 0 saturated carbocycles.